The van der Waals surface area contributed by atoms with Crippen LogP contribution in [0.2, 0.25) is 0 Å². The van der Waals surface area contributed by atoms with E-state index in [4.69, 9.17) is 4.74 Å². The van der Waals surface area contributed by atoms with Crippen LogP contribution in [0.5, 0.6) is 0 Å². The summed E-state index contributed by atoms with van der Waals surface area (Å²) in [6.45, 7) is 4.00. The Morgan fingerprint density at radius 2 is 1.59 bits per heavy atom. The minimum absolute atomic E-state index is 0.0773. The normalized spacial score (nSPS) is 22.2. The third kappa shape index (κ3) is 4.65. The maximum absolute atomic E-state index is 12.9. The van der Waals surface area contributed by atoms with Crippen LogP contribution in [0.25, 0.3) is 11.1 Å². The smallest absolute Gasteiger partial charge is 0.407 e. The van der Waals surface area contributed by atoms with Crippen LogP contribution in [-0.4, -0.2) is 41.3 Å². The van der Waals surface area contributed by atoms with E-state index in [0.29, 0.717) is 25.2 Å². The summed E-state index contributed by atoms with van der Waals surface area (Å²) in [6, 6.07) is 15.3. The predicted octanol–water partition coefficient (Wildman–Crippen LogP) is 4.45. The molecule has 0 unspecified atom stereocenters. The number of aliphatic carboxylic acids is 1. The largest absolute Gasteiger partial charge is 0.480 e. The molecule has 180 valence electrons. The first-order chi connectivity index (χ1) is 16.3. The molecule has 1 atom stereocenters. The number of nitrogens with one attached hydrogen (secondary N) is 2. The summed E-state index contributed by atoms with van der Waals surface area (Å²) in [5, 5.41) is 15.1. The van der Waals surface area contributed by atoms with Crippen LogP contribution in [0.4, 0.5) is 4.79 Å². The van der Waals surface area contributed by atoms with Crippen LogP contribution in [0, 0.1) is 5.92 Å². The van der Waals surface area contributed by atoms with E-state index in [-0.39, 0.29) is 12.5 Å². The van der Waals surface area contributed by atoms with Crippen LogP contribution in [0.15, 0.2) is 48.5 Å². The van der Waals surface area contributed by atoms with Crippen LogP contribution < -0.4 is 10.6 Å². The van der Waals surface area contributed by atoms with Crippen molar-refractivity contribution in [2.75, 3.05) is 6.61 Å². The number of fused-ring (bicyclic) bond motifs is 3. The van der Waals surface area contributed by atoms with Crippen molar-refractivity contribution >= 4 is 18.0 Å². The van der Waals surface area contributed by atoms with E-state index < -0.39 is 29.6 Å². The maximum Gasteiger partial charge on any atom is 0.407 e. The van der Waals surface area contributed by atoms with Gasteiger partial charge in [0, 0.05) is 5.92 Å². The molecule has 0 heterocycles. The third-order valence-electron chi connectivity index (χ3n) is 7.26. The van der Waals surface area contributed by atoms with Crippen molar-refractivity contribution in [2.24, 2.45) is 5.92 Å². The average Bonchev–Trinajstić information content (AvgIpc) is 3.16. The molecule has 0 bridgehead atoms. The molecule has 2 aliphatic carbocycles. The SMILES string of the molecule is CC[C@@H](NC(=O)OCC1c2ccccc2-c2ccccc21)C(=O)NC1(C(=O)O)CCC(C)CC1. The molecular formula is C27H32N2O5. The summed E-state index contributed by atoms with van der Waals surface area (Å²) in [6.07, 6.45) is 1.88. The molecule has 2 amide bonds. The average molecular weight is 465 g/mol. The molecular weight excluding hydrogens is 432 g/mol. The van der Waals surface area contributed by atoms with E-state index in [1.54, 1.807) is 6.92 Å². The van der Waals surface area contributed by atoms with Gasteiger partial charge in [-0.05, 0) is 60.3 Å². The van der Waals surface area contributed by atoms with Crippen molar-refractivity contribution in [3.05, 3.63) is 59.7 Å². The number of amides is 2. The minimum atomic E-state index is -1.28. The van der Waals surface area contributed by atoms with Crippen LogP contribution >= 0.6 is 0 Å². The molecule has 2 aromatic rings. The van der Waals surface area contributed by atoms with E-state index in [2.05, 4.69) is 29.7 Å². The fraction of sp³-hybridized carbons (Fsp3) is 0.444. The van der Waals surface area contributed by atoms with Crippen molar-refractivity contribution < 1.29 is 24.2 Å². The molecule has 34 heavy (non-hydrogen) atoms. The first-order valence-corrected chi connectivity index (χ1v) is 12.0. The summed E-state index contributed by atoms with van der Waals surface area (Å²) in [5.74, 6) is -1.16. The minimum Gasteiger partial charge on any atom is -0.480 e. The highest BCUT2D eigenvalue weighted by Crippen LogP contribution is 2.44. The van der Waals surface area contributed by atoms with E-state index in [0.717, 1.165) is 35.1 Å². The fourth-order valence-electron chi connectivity index (χ4n) is 5.11. The lowest BCUT2D eigenvalue weighted by molar-refractivity contribution is -0.150. The van der Waals surface area contributed by atoms with Crippen LogP contribution in [0.1, 0.15) is 63.0 Å². The lowest BCUT2D eigenvalue weighted by Gasteiger charge is -2.37. The number of carboxylic acid groups (broad SMARTS) is 1. The zero-order chi connectivity index (χ0) is 24.3. The van der Waals surface area contributed by atoms with Gasteiger partial charge >= 0.3 is 12.1 Å². The Morgan fingerprint density at radius 3 is 2.12 bits per heavy atom. The summed E-state index contributed by atoms with van der Waals surface area (Å²) in [4.78, 5) is 37.5. The number of carboxylic acids is 1. The number of carbonyl (C=O) groups excluding carboxylic acids is 2. The van der Waals surface area contributed by atoms with Crippen molar-refractivity contribution in [3.63, 3.8) is 0 Å². The summed E-state index contributed by atoms with van der Waals surface area (Å²) < 4.78 is 5.55. The molecule has 0 spiro atoms. The van der Waals surface area contributed by atoms with Gasteiger partial charge in [0.25, 0.3) is 0 Å². The monoisotopic (exact) mass is 464 g/mol. The number of hydrogen-bond donors (Lipinski definition) is 3. The number of carbonyl (C=O) groups is 3. The Balaban J connectivity index is 1.38. The molecule has 4 rings (SSSR count). The molecule has 7 heteroatoms. The zero-order valence-electron chi connectivity index (χ0n) is 19.7. The van der Waals surface area contributed by atoms with E-state index in [1.165, 1.54) is 0 Å². The maximum atomic E-state index is 12.9. The second kappa shape index (κ2) is 9.87. The van der Waals surface area contributed by atoms with Crippen molar-refractivity contribution in [2.45, 2.75) is 63.5 Å². The van der Waals surface area contributed by atoms with Crippen molar-refractivity contribution in [1.29, 1.82) is 0 Å². The van der Waals surface area contributed by atoms with Gasteiger partial charge in [-0.1, -0.05) is 62.4 Å². The number of hydrogen-bond acceptors (Lipinski definition) is 4. The second-order valence-corrected chi connectivity index (χ2v) is 9.49. The fourth-order valence-corrected chi connectivity index (χ4v) is 5.11. The van der Waals surface area contributed by atoms with Crippen molar-refractivity contribution in [3.8, 4) is 11.1 Å². The molecule has 7 nitrogen and oxygen atoms in total. The van der Waals surface area contributed by atoms with E-state index in [1.807, 2.05) is 36.4 Å². The first-order valence-electron chi connectivity index (χ1n) is 12.0. The van der Waals surface area contributed by atoms with Gasteiger partial charge in [0.15, 0.2) is 0 Å². The molecule has 2 aliphatic rings. The van der Waals surface area contributed by atoms with Gasteiger partial charge < -0.3 is 20.5 Å². The molecule has 0 aromatic heterocycles. The quantitative estimate of drug-likeness (QED) is 0.561. The Bertz CT molecular complexity index is 1030. The van der Waals surface area contributed by atoms with Gasteiger partial charge in [0.05, 0.1) is 0 Å². The van der Waals surface area contributed by atoms with Gasteiger partial charge in [-0.15, -0.1) is 0 Å². The molecule has 0 aliphatic heterocycles. The Kier molecular flexibility index (Phi) is 6.91. The highest BCUT2D eigenvalue weighted by molar-refractivity contribution is 5.91. The summed E-state index contributed by atoms with van der Waals surface area (Å²) in [5.41, 5.74) is 3.21. The summed E-state index contributed by atoms with van der Waals surface area (Å²) >= 11 is 0. The van der Waals surface area contributed by atoms with E-state index >= 15 is 0 Å². The zero-order valence-corrected chi connectivity index (χ0v) is 19.7. The lowest BCUT2D eigenvalue weighted by atomic mass is 9.77. The highest BCUT2D eigenvalue weighted by Gasteiger charge is 2.43. The van der Waals surface area contributed by atoms with Crippen LogP contribution in [0.3, 0.4) is 0 Å². The highest BCUT2D eigenvalue weighted by atomic mass is 16.5. The van der Waals surface area contributed by atoms with Crippen LogP contribution in [-0.2, 0) is 14.3 Å². The van der Waals surface area contributed by atoms with Gasteiger partial charge in [0.1, 0.15) is 18.2 Å². The Hall–Kier alpha value is -3.35. The lowest BCUT2D eigenvalue weighted by Crippen LogP contribution is -2.60. The third-order valence-corrected chi connectivity index (χ3v) is 7.26. The topological polar surface area (TPSA) is 105 Å². The first kappa shape index (κ1) is 23.8. The van der Waals surface area contributed by atoms with Gasteiger partial charge in [0.2, 0.25) is 5.91 Å². The van der Waals surface area contributed by atoms with Gasteiger partial charge in [-0.25, -0.2) is 9.59 Å². The molecule has 3 N–H and O–H groups in total. The molecule has 0 radical (unpaired) electrons. The molecule has 2 aromatic carbocycles. The number of rotatable bonds is 7. The molecule has 1 fully saturated rings. The predicted molar refractivity (Wildman–Crippen MR) is 128 cm³/mol. The van der Waals surface area contributed by atoms with Crippen molar-refractivity contribution in [1.82, 2.24) is 10.6 Å². The van der Waals surface area contributed by atoms with E-state index in [9.17, 15) is 19.5 Å². The van der Waals surface area contributed by atoms with Gasteiger partial charge in [-0.3, -0.25) is 4.79 Å². The Labute approximate surface area is 199 Å². The Morgan fingerprint density at radius 1 is 1.03 bits per heavy atom. The number of alkyl carbamates (subject to hydrolysis) is 1. The molecule has 1 saturated carbocycles. The standard InChI is InChI=1S/C27H32N2O5/c1-3-23(24(30)29-27(25(31)32)14-12-17(2)13-15-27)28-26(33)34-16-22-20-10-6-4-8-18(20)19-9-5-7-11-21(19)22/h4-11,17,22-23H,3,12-16H2,1-2H3,(H,28,33)(H,29,30)(H,31,32)/t17?,23-,27?/m1/s1. The summed E-state index contributed by atoms with van der Waals surface area (Å²) in [7, 11) is 0. The molecule has 0 saturated heterocycles. The number of benzene rings is 2. The second-order valence-electron chi connectivity index (χ2n) is 9.49. The van der Waals surface area contributed by atoms with Gasteiger partial charge in [-0.2, -0.15) is 0 Å². The number of ether oxygens (including phenoxy) is 1.